The van der Waals surface area contributed by atoms with Gasteiger partial charge in [0.1, 0.15) is 18.1 Å². The first-order chi connectivity index (χ1) is 16.9. The van der Waals surface area contributed by atoms with Gasteiger partial charge >= 0.3 is 5.97 Å². The van der Waals surface area contributed by atoms with E-state index in [-0.39, 0.29) is 24.7 Å². The lowest BCUT2D eigenvalue weighted by atomic mass is 9.99. The maximum atomic E-state index is 13.3. The summed E-state index contributed by atoms with van der Waals surface area (Å²) < 4.78 is 0. The summed E-state index contributed by atoms with van der Waals surface area (Å²) in [5, 5.41) is 17.6. The van der Waals surface area contributed by atoms with E-state index in [2.05, 4.69) is 16.0 Å². The van der Waals surface area contributed by atoms with E-state index in [0.717, 1.165) is 11.3 Å². The maximum absolute atomic E-state index is 13.3. The van der Waals surface area contributed by atoms with E-state index in [1.807, 2.05) is 64.3 Å². The van der Waals surface area contributed by atoms with E-state index in [1.165, 1.54) is 0 Å². The molecule has 0 saturated heterocycles. The van der Waals surface area contributed by atoms with Crippen molar-refractivity contribution < 1.29 is 24.3 Å². The second-order valence-electron chi connectivity index (χ2n) is 9.86. The predicted octanol–water partition coefficient (Wildman–Crippen LogP) is 1.94. The minimum Gasteiger partial charge on any atom is -0.480 e. The van der Waals surface area contributed by atoms with Crippen molar-refractivity contribution in [3.8, 4) is 0 Å². The van der Waals surface area contributed by atoms with Crippen LogP contribution in [0.2, 0.25) is 0 Å². The van der Waals surface area contributed by atoms with Crippen molar-refractivity contribution in [2.24, 2.45) is 17.6 Å². The highest BCUT2D eigenvalue weighted by molar-refractivity contribution is 7.98. The van der Waals surface area contributed by atoms with E-state index in [4.69, 9.17) is 5.73 Å². The minimum absolute atomic E-state index is 0.0505. The third-order valence-corrected chi connectivity index (χ3v) is 6.19. The molecule has 9 nitrogen and oxygen atoms in total. The van der Waals surface area contributed by atoms with Crippen LogP contribution in [0.1, 0.15) is 52.5 Å². The Morgan fingerprint density at radius 2 is 1.33 bits per heavy atom. The molecule has 0 heterocycles. The van der Waals surface area contributed by atoms with Crippen molar-refractivity contribution in [2.75, 3.05) is 12.0 Å². The molecule has 4 unspecified atom stereocenters. The van der Waals surface area contributed by atoms with Gasteiger partial charge in [-0.3, -0.25) is 14.4 Å². The molecule has 1 aromatic carbocycles. The predicted molar refractivity (Wildman–Crippen MR) is 143 cm³/mol. The van der Waals surface area contributed by atoms with Gasteiger partial charge in [-0.1, -0.05) is 58.0 Å². The zero-order valence-electron chi connectivity index (χ0n) is 22.0. The molecular weight excluding hydrogens is 480 g/mol. The Morgan fingerprint density at radius 3 is 1.86 bits per heavy atom. The van der Waals surface area contributed by atoms with Crippen LogP contribution in [-0.4, -0.2) is 65.0 Å². The SMILES string of the molecule is CSCCC(N)C(=O)NC(CC(C)C)C(=O)NC(Cc1ccccc1)C(=O)NC(CC(C)C)C(=O)O. The van der Waals surface area contributed by atoms with Gasteiger partial charge in [0.05, 0.1) is 6.04 Å². The van der Waals surface area contributed by atoms with Gasteiger partial charge in [-0.05, 0) is 48.7 Å². The molecule has 0 aromatic heterocycles. The summed E-state index contributed by atoms with van der Waals surface area (Å²) in [6.07, 6.45) is 3.19. The van der Waals surface area contributed by atoms with Gasteiger partial charge in [-0.2, -0.15) is 11.8 Å². The molecule has 6 N–H and O–H groups in total. The van der Waals surface area contributed by atoms with Crippen molar-refractivity contribution in [1.29, 1.82) is 0 Å². The number of carboxylic acids is 1. The molecule has 1 rings (SSSR count). The second-order valence-corrected chi connectivity index (χ2v) is 10.8. The molecule has 3 amide bonds. The van der Waals surface area contributed by atoms with Gasteiger partial charge in [0.25, 0.3) is 0 Å². The summed E-state index contributed by atoms with van der Waals surface area (Å²) in [6.45, 7) is 7.60. The average Bonchev–Trinajstić information content (AvgIpc) is 2.80. The third kappa shape index (κ3) is 11.9. The Kier molecular flexibility index (Phi) is 14.2. The van der Waals surface area contributed by atoms with Gasteiger partial charge in [-0.15, -0.1) is 0 Å². The minimum atomic E-state index is -1.13. The standard InChI is InChI=1S/C26H42N4O5S/c1-16(2)13-20(28-23(31)19(27)11-12-36-5)24(32)29-21(15-18-9-7-6-8-10-18)25(33)30-22(26(34)35)14-17(3)4/h6-10,16-17,19-22H,11-15,27H2,1-5H3,(H,28,31)(H,29,32)(H,30,33)(H,34,35). The van der Waals surface area contributed by atoms with E-state index in [1.54, 1.807) is 11.8 Å². The smallest absolute Gasteiger partial charge is 0.326 e. The fraction of sp³-hybridized carbons (Fsp3) is 0.615. The number of amides is 3. The largest absolute Gasteiger partial charge is 0.480 e. The maximum Gasteiger partial charge on any atom is 0.326 e. The van der Waals surface area contributed by atoms with Crippen LogP contribution >= 0.6 is 11.8 Å². The fourth-order valence-electron chi connectivity index (χ4n) is 3.65. The number of nitrogens with one attached hydrogen (secondary N) is 3. The number of hydrogen-bond acceptors (Lipinski definition) is 6. The van der Waals surface area contributed by atoms with Crippen LogP contribution in [-0.2, 0) is 25.6 Å². The summed E-state index contributed by atoms with van der Waals surface area (Å²) in [4.78, 5) is 50.8. The molecule has 0 aliphatic carbocycles. The van der Waals surface area contributed by atoms with Crippen molar-refractivity contribution in [3.63, 3.8) is 0 Å². The highest BCUT2D eigenvalue weighted by Crippen LogP contribution is 2.10. The first kappa shape index (κ1) is 31.4. The number of carbonyl (C=O) groups is 4. The summed E-state index contributed by atoms with van der Waals surface area (Å²) in [5.41, 5.74) is 6.78. The lowest BCUT2D eigenvalue weighted by molar-refractivity contribution is -0.142. The zero-order chi connectivity index (χ0) is 27.3. The first-order valence-electron chi connectivity index (χ1n) is 12.4. The van der Waals surface area contributed by atoms with Gasteiger partial charge in [0, 0.05) is 6.42 Å². The zero-order valence-corrected chi connectivity index (χ0v) is 22.8. The molecule has 10 heteroatoms. The molecule has 0 saturated carbocycles. The van der Waals surface area contributed by atoms with Crippen LogP contribution in [0.15, 0.2) is 30.3 Å². The van der Waals surface area contributed by atoms with Crippen LogP contribution < -0.4 is 21.7 Å². The van der Waals surface area contributed by atoms with Crippen LogP contribution in [0, 0.1) is 11.8 Å². The Labute approximate surface area is 218 Å². The molecular formula is C26H42N4O5S. The fourth-order valence-corrected chi connectivity index (χ4v) is 4.14. The molecule has 1 aromatic rings. The quantitative estimate of drug-likeness (QED) is 0.223. The van der Waals surface area contributed by atoms with Crippen molar-refractivity contribution in [3.05, 3.63) is 35.9 Å². The van der Waals surface area contributed by atoms with Crippen LogP contribution in [0.5, 0.6) is 0 Å². The molecule has 4 atom stereocenters. The topological polar surface area (TPSA) is 151 Å². The number of aliphatic carboxylic acids is 1. The Balaban J connectivity index is 3.09. The van der Waals surface area contributed by atoms with Crippen LogP contribution in [0.3, 0.4) is 0 Å². The first-order valence-corrected chi connectivity index (χ1v) is 13.8. The van der Waals surface area contributed by atoms with E-state index < -0.39 is 47.9 Å². The number of rotatable bonds is 16. The molecule has 0 bridgehead atoms. The molecule has 36 heavy (non-hydrogen) atoms. The highest BCUT2D eigenvalue weighted by atomic mass is 32.2. The summed E-state index contributed by atoms with van der Waals surface area (Å²) >= 11 is 1.58. The highest BCUT2D eigenvalue weighted by Gasteiger charge is 2.31. The molecule has 0 spiro atoms. The second kappa shape index (κ2) is 16.2. The van der Waals surface area contributed by atoms with Gasteiger partial charge in [0.2, 0.25) is 17.7 Å². The number of hydrogen-bond donors (Lipinski definition) is 5. The Bertz CT molecular complexity index is 850. The molecule has 202 valence electrons. The van der Waals surface area contributed by atoms with Gasteiger partial charge in [-0.25, -0.2) is 4.79 Å². The van der Waals surface area contributed by atoms with E-state index >= 15 is 0 Å². The summed E-state index contributed by atoms with van der Waals surface area (Å²) in [7, 11) is 0. The van der Waals surface area contributed by atoms with Crippen molar-refractivity contribution >= 4 is 35.5 Å². The number of nitrogens with two attached hydrogens (primary N) is 1. The van der Waals surface area contributed by atoms with Crippen LogP contribution in [0.25, 0.3) is 0 Å². The molecule has 0 aliphatic rings. The normalized spacial score (nSPS) is 14.6. The molecule has 0 fully saturated rings. The summed E-state index contributed by atoms with van der Waals surface area (Å²) in [6, 6.07) is 5.42. The number of thioether (sulfide) groups is 1. The van der Waals surface area contributed by atoms with Crippen molar-refractivity contribution in [1.82, 2.24) is 16.0 Å². The lowest BCUT2D eigenvalue weighted by Gasteiger charge is -2.26. The van der Waals surface area contributed by atoms with E-state index in [0.29, 0.717) is 12.8 Å². The van der Waals surface area contributed by atoms with E-state index in [9.17, 15) is 24.3 Å². The third-order valence-electron chi connectivity index (χ3n) is 5.55. The lowest BCUT2D eigenvalue weighted by Crippen LogP contribution is -2.58. The number of carboxylic acid groups (broad SMARTS) is 1. The molecule has 0 radical (unpaired) electrons. The van der Waals surface area contributed by atoms with Crippen LogP contribution in [0.4, 0.5) is 0 Å². The summed E-state index contributed by atoms with van der Waals surface area (Å²) in [5.74, 6) is -1.80. The average molecular weight is 523 g/mol. The Morgan fingerprint density at radius 1 is 0.833 bits per heavy atom. The van der Waals surface area contributed by atoms with Crippen molar-refractivity contribution in [2.45, 2.75) is 77.5 Å². The number of benzene rings is 1. The van der Waals surface area contributed by atoms with Gasteiger partial charge < -0.3 is 26.8 Å². The Hall–Kier alpha value is -2.59. The number of carbonyl (C=O) groups excluding carboxylic acids is 3. The molecule has 0 aliphatic heterocycles. The van der Waals surface area contributed by atoms with Gasteiger partial charge in [0.15, 0.2) is 0 Å². The monoisotopic (exact) mass is 522 g/mol.